The Kier molecular flexibility index (Phi) is 4.86. The summed E-state index contributed by atoms with van der Waals surface area (Å²) in [6.07, 6.45) is 0.754. The van der Waals surface area contributed by atoms with Gasteiger partial charge in [-0.2, -0.15) is 0 Å². The molecule has 4 heteroatoms. The first kappa shape index (κ1) is 18.2. The van der Waals surface area contributed by atoms with Gasteiger partial charge in [0.1, 0.15) is 11.6 Å². The van der Waals surface area contributed by atoms with Gasteiger partial charge in [0.25, 0.3) is 5.91 Å². The summed E-state index contributed by atoms with van der Waals surface area (Å²) >= 11 is 0. The maximum absolute atomic E-state index is 14.2. The van der Waals surface area contributed by atoms with Crippen LogP contribution in [0.2, 0.25) is 0 Å². The van der Waals surface area contributed by atoms with E-state index >= 15 is 0 Å². The van der Waals surface area contributed by atoms with Gasteiger partial charge in [0.15, 0.2) is 0 Å². The molecular formula is C24H22FNO2. The van der Waals surface area contributed by atoms with E-state index in [-0.39, 0.29) is 17.8 Å². The molecule has 0 spiro atoms. The Morgan fingerprint density at radius 2 is 1.71 bits per heavy atom. The SMILES string of the molecule is COc1ccc(-c2ccc3c(c2)CCN(C(C)c2ccccc2F)C3=O)cc1. The number of hydrogen-bond donors (Lipinski definition) is 0. The fraction of sp³-hybridized carbons (Fsp3) is 0.208. The minimum atomic E-state index is -0.303. The molecule has 3 aromatic carbocycles. The van der Waals surface area contributed by atoms with Crippen molar-refractivity contribution < 1.29 is 13.9 Å². The topological polar surface area (TPSA) is 29.5 Å². The van der Waals surface area contributed by atoms with Crippen LogP contribution in [0.15, 0.2) is 66.7 Å². The number of hydrogen-bond acceptors (Lipinski definition) is 2. The molecule has 1 aliphatic heterocycles. The minimum Gasteiger partial charge on any atom is -0.497 e. The van der Waals surface area contributed by atoms with Crippen LogP contribution in [0.1, 0.15) is 34.5 Å². The van der Waals surface area contributed by atoms with Gasteiger partial charge in [-0.3, -0.25) is 4.79 Å². The number of carbonyl (C=O) groups is 1. The average Bonchev–Trinajstić information content (AvgIpc) is 2.74. The lowest BCUT2D eigenvalue weighted by Gasteiger charge is -2.34. The maximum atomic E-state index is 14.2. The first-order chi connectivity index (χ1) is 13.6. The lowest BCUT2D eigenvalue weighted by atomic mass is 9.92. The molecular weight excluding hydrogens is 353 g/mol. The number of benzene rings is 3. The normalized spacial score (nSPS) is 14.5. The van der Waals surface area contributed by atoms with Crippen molar-refractivity contribution >= 4 is 5.91 Å². The molecule has 0 bridgehead atoms. The lowest BCUT2D eigenvalue weighted by Crippen LogP contribution is -2.39. The van der Waals surface area contributed by atoms with Crippen molar-refractivity contribution in [3.8, 4) is 16.9 Å². The second-order valence-corrected chi connectivity index (χ2v) is 7.05. The second-order valence-electron chi connectivity index (χ2n) is 7.05. The van der Waals surface area contributed by atoms with Crippen LogP contribution >= 0.6 is 0 Å². The van der Waals surface area contributed by atoms with Gasteiger partial charge in [-0.15, -0.1) is 0 Å². The predicted molar refractivity (Wildman–Crippen MR) is 108 cm³/mol. The van der Waals surface area contributed by atoms with Crippen LogP contribution in [0.3, 0.4) is 0 Å². The van der Waals surface area contributed by atoms with Gasteiger partial charge in [0.2, 0.25) is 0 Å². The summed E-state index contributed by atoms with van der Waals surface area (Å²) in [4.78, 5) is 14.8. The molecule has 1 atom stereocenters. The smallest absolute Gasteiger partial charge is 0.254 e. The molecule has 1 amide bonds. The number of methoxy groups -OCH3 is 1. The molecule has 1 heterocycles. The number of amides is 1. The van der Waals surface area contributed by atoms with Crippen LogP contribution in [-0.2, 0) is 6.42 Å². The Morgan fingerprint density at radius 3 is 2.43 bits per heavy atom. The van der Waals surface area contributed by atoms with Crippen molar-refractivity contribution in [2.45, 2.75) is 19.4 Å². The Balaban J connectivity index is 1.61. The summed E-state index contributed by atoms with van der Waals surface area (Å²) in [5.74, 6) is 0.497. The third-order valence-electron chi connectivity index (χ3n) is 5.46. The molecule has 28 heavy (non-hydrogen) atoms. The Bertz CT molecular complexity index is 1010. The van der Waals surface area contributed by atoms with Gasteiger partial charge in [-0.05, 0) is 54.3 Å². The summed E-state index contributed by atoms with van der Waals surface area (Å²) in [6.45, 7) is 2.46. The lowest BCUT2D eigenvalue weighted by molar-refractivity contribution is 0.0670. The Morgan fingerprint density at radius 1 is 1.00 bits per heavy atom. The molecule has 0 aromatic heterocycles. The molecule has 0 saturated carbocycles. The molecule has 3 nitrogen and oxygen atoms in total. The molecule has 4 rings (SSSR count). The van der Waals surface area contributed by atoms with Crippen molar-refractivity contribution in [2.24, 2.45) is 0 Å². The van der Waals surface area contributed by atoms with Crippen LogP contribution in [0, 0.1) is 5.82 Å². The standard InChI is InChI=1S/C24H22FNO2/c1-16(21-5-3-4-6-23(21)25)26-14-13-19-15-18(9-12-22(19)24(26)27)17-7-10-20(28-2)11-8-17/h3-12,15-16H,13-14H2,1-2H3. The highest BCUT2D eigenvalue weighted by Crippen LogP contribution is 2.31. The number of nitrogens with zero attached hydrogens (tertiary/aromatic N) is 1. The zero-order chi connectivity index (χ0) is 19.7. The fourth-order valence-electron chi connectivity index (χ4n) is 3.82. The Hall–Kier alpha value is -3.14. The van der Waals surface area contributed by atoms with Crippen LogP contribution < -0.4 is 4.74 Å². The van der Waals surface area contributed by atoms with Crippen molar-refractivity contribution in [1.29, 1.82) is 0 Å². The van der Waals surface area contributed by atoms with E-state index < -0.39 is 0 Å². The largest absolute Gasteiger partial charge is 0.497 e. The van der Waals surface area contributed by atoms with Crippen LogP contribution in [-0.4, -0.2) is 24.5 Å². The van der Waals surface area contributed by atoms with Gasteiger partial charge in [0.05, 0.1) is 13.2 Å². The van der Waals surface area contributed by atoms with Crippen molar-refractivity contribution in [3.05, 3.63) is 89.2 Å². The van der Waals surface area contributed by atoms with Crippen molar-refractivity contribution in [3.63, 3.8) is 0 Å². The Labute approximate surface area is 164 Å². The zero-order valence-corrected chi connectivity index (χ0v) is 16.0. The highest BCUT2D eigenvalue weighted by atomic mass is 19.1. The quantitative estimate of drug-likeness (QED) is 0.622. The third kappa shape index (κ3) is 3.26. The van der Waals surface area contributed by atoms with Gasteiger partial charge >= 0.3 is 0 Å². The van der Waals surface area contributed by atoms with E-state index in [1.165, 1.54) is 6.07 Å². The average molecular weight is 375 g/mol. The van der Waals surface area contributed by atoms with Crippen LogP contribution in [0.25, 0.3) is 11.1 Å². The molecule has 1 unspecified atom stereocenters. The second kappa shape index (κ2) is 7.47. The molecule has 0 saturated heterocycles. The van der Waals surface area contributed by atoms with Gasteiger partial charge in [0, 0.05) is 17.7 Å². The molecule has 3 aromatic rings. The molecule has 0 aliphatic carbocycles. The van der Waals surface area contributed by atoms with Crippen LogP contribution in [0.5, 0.6) is 5.75 Å². The van der Waals surface area contributed by atoms with E-state index in [4.69, 9.17) is 4.74 Å². The van der Waals surface area contributed by atoms with Gasteiger partial charge in [-0.25, -0.2) is 4.39 Å². The number of carbonyl (C=O) groups excluding carboxylic acids is 1. The number of ether oxygens (including phenoxy) is 1. The number of rotatable bonds is 4. The van der Waals surface area contributed by atoms with Crippen molar-refractivity contribution in [1.82, 2.24) is 4.90 Å². The summed E-state index contributed by atoms with van der Waals surface area (Å²) in [7, 11) is 1.65. The number of halogens is 1. The maximum Gasteiger partial charge on any atom is 0.254 e. The van der Waals surface area contributed by atoms with E-state index in [9.17, 15) is 9.18 Å². The highest BCUT2D eigenvalue weighted by Gasteiger charge is 2.29. The van der Waals surface area contributed by atoms with E-state index in [0.29, 0.717) is 17.7 Å². The fourth-order valence-corrected chi connectivity index (χ4v) is 3.82. The molecule has 142 valence electrons. The predicted octanol–water partition coefficient (Wildman–Crippen LogP) is 5.26. The van der Waals surface area contributed by atoms with E-state index in [1.54, 1.807) is 30.2 Å². The first-order valence-electron chi connectivity index (χ1n) is 9.41. The van der Waals surface area contributed by atoms with Crippen molar-refractivity contribution in [2.75, 3.05) is 13.7 Å². The summed E-state index contributed by atoms with van der Waals surface area (Å²) in [5.41, 5.74) is 4.44. The minimum absolute atomic E-state index is 0.0433. The highest BCUT2D eigenvalue weighted by molar-refractivity contribution is 5.97. The van der Waals surface area contributed by atoms with Gasteiger partial charge < -0.3 is 9.64 Å². The zero-order valence-electron chi connectivity index (χ0n) is 16.0. The molecule has 0 fully saturated rings. The third-order valence-corrected chi connectivity index (χ3v) is 5.46. The van der Waals surface area contributed by atoms with Crippen LogP contribution in [0.4, 0.5) is 4.39 Å². The first-order valence-corrected chi connectivity index (χ1v) is 9.41. The molecule has 1 aliphatic rings. The monoisotopic (exact) mass is 375 g/mol. The summed E-state index contributed by atoms with van der Waals surface area (Å²) in [6, 6.07) is 20.2. The number of fused-ring (bicyclic) bond motifs is 1. The van der Waals surface area contributed by atoms with E-state index in [2.05, 4.69) is 6.07 Å². The van der Waals surface area contributed by atoms with E-state index in [0.717, 1.165) is 28.9 Å². The summed E-state index contributed by atoms with van der Waals surface area (Å²) < 4.78 is 19.4. The molecule has 0 N–H and O–H groups in total. The van der Waals surface area contributed by atoms with E-state index in [1.807, 2.05) is 43.3 Å². The molecule has 0 radical (unpaired) electrons. The summed E-state index contributed by atoms with van der Waals surface area (Å²) in [5, 5.41) is 0. The van der Waals surface area contributed by atoms with Gasteiger partial charge in [-0.1, -0.05) is 42.5 Å².